The SMILES string of the molecule is CCOC(=O)c1c(N(Cc2ccc(C)cc2)C(C)=O)sc2cc(O)ccc12. The van der Waals surface area contributed by atoms with Crippen molar-refractivity contribution in [3.63, 3.8) is 0 Å². The summed E-state index contributed by atoms with van der Waals surface area (Å²) in [5.74, 6) is -0.532. The first-order valence-corrected chi connectivity index (χ1v) is 9.48. The summed E-state index contributed by atoms with van der Waals surface area (Å²) in [5, 5.41) is 11.0. The van der Waals surface area contributed by atoms with Crippen LogP contribution in [-0.4, -0.2) is 23.6 Å². The number of fused-ring (bicyclic) bond motifs is 1. The molecule has 0 fully saturated rings. The number of hydrogen-bond donors (Lipinski definition) is 1. The van der Waals surface area contributed by atoms with E-state index in [4.69, 9.17) is 4.74 Å². The molecule has 0 aliphatic rings. The fraction of sp³-hybridized carbons (Fsp3) is 0.238. The quantitative estimate of drug-likeness (QED) is 0.652. The van der Waals surface area contributed by atoms with E-state index in [-0.39, 0.29) is 18.3 Å². The van der Waals surface area contributed by atoms with Crippen molar-refractivity contribution in [3.8, 4) is 5.75 Å². The third kappa shape index (κ3) is 3.95. The van der Waals surface area contributed by atoms with Gasteiger partial charge in [0, 0.05) is 17.0 Å². The molecule has 1 N–H and O–H groups in total. The molecule has 3 rings (SSSR count). The van der Waals surface area contributed by atoms with Crippen molar-refractivity contribution in [1.29, 1.82) is 0 Å². The molecular formula is C21H21NO4S. The van der Waals surface area contributed by atoms with Crippen LogP contribution in [0.2, 0.25) is 0 Å². The van der Waals surface area contributed by atoms with Gasteiger partial charge in [0.25, 0.3) is 0 Å². The molecule has 0 radical (unpaired) electrons. The van der Waals surface area contributed by atoms with Crippen LogP contribution in [0, 0.1) is 6.92 Å². The monoisotopic (exact) mass is 383 g/mol. The minimum absolute atomic E-state index is 0.110. The minimum Gasteiger partial charge on any atom is -0.508 e. The summed E-state index contributed by atoms with van der Waals surface area (Å²) >= 11 is 1.30. The number of aryl methyl sites for hydroxylation is 1. The number of anilines is 1. The normalized spacial score (nSPS) is 10.8. The van der Waals surface area contributed by atoms with Gasteiger partial charge in [-0.05, 0) is 37.6 Å². The second-order valence-corrected chi connectivity index (χ2v) is 7.30. The van der Waals surface area contributed by atoms with Crippen LogP contribution < -0.4 is 4.90 Å². The number of phenols is 1. The second kappa shape index (κ2) is 7.80. The highest BCUT2D eigenvalue weighted by Crippen LogP contribution is 2.40. The number of carbonyl (C=O) groups is 2. The first-order valence-electron chi connectivity index (χ1n) is 8.67. The van der Waals surface area contributed by atoms with Crippen LogP contribution in [0.5, 0.6) is 5.75 Å². The minimum atomic E-state index is -0.473. The molecule has 0 spiro atoms. The predicted molar refractivity (Wildman–Crippen MR) is 107 cm³/mol. The number of aromatic hydroxyl groups is 1. The molecular weight excluding hydrogens is 362 g/mol. The zero-order valence-electron chi connectivity index (χ0n) is 15.5. The van der Waals surface area contributed by atoms with Gasteiger partial charge < -0.3 is 9.84 Å². The molecule has 0 unspecified atom stereocenters. The van der Waals surface area contributed by atoms with Gasteiger partial charge in [0.1, 0.15) is 16.3 Å². The molecule has 140 valence electrons. The van der Waals surface area contributed by atoms with Gasteiger partial charge in [0.15, 0.2) is 0 Å². The number of amides is 1. The van der Waals surface area contributed by atoms with Gasteiger partial charge in [-0.2, -0.15) is 0 Å². The van der Waals surface area contributed by atoms with Crippen LogP contribution >= 0.6 is 11.3 Å². The molecule has 6 heteroatoms. The molecule has 1 heterocycles. The average Bonchev–Trinajstić information content (AvgIpc) is 2.99. The van der Waals surface area contributed by atoms with Crippen molar-refractivity contribution in [2.45, 2.75) is 27.3 Å². The topological polar surface area (TPSA) is 66.8 Å². The summed E-state index contributed by atoms with van der Waals surface area (Å²) in [6.07, 6.45) is 0. The predicted octanol–water partition coefficient (Wildman–Crippen LogP) is 4.65. The summed E-state index contributed by atoms with van der Waals surface area (Å²) in [6, 6.07) is 12.7. The highest BCUT2D eigenvalue weighted by atomic mass is 32.1. The maximum atomic E-state index is 12.6. The Morgan fingerprint density at radius 2 is 1.85 bits per heavy atom. The van der Waals surface area contributed by atoms with E-state index in [9.17, 15) is 14.7 Å². The largest absolute Gasteiger partial charge is 0.508 e. The first-order chi connectivity index (χ1) is 12.9. The molecule has 5 nitrogen and oxygen atoms in total. The van der Waals surface area contributed by atoms with Crippen molar-refractivity contribution in [2.75, 3.05) is 11.5 Å². The van der Waals surface area contributed by atoms with Crippen molar-refractivity contribution in [1.82, 2.24) is 0 Å². The smallest absolute Gasteiger partial charge is 0.341 e. The van der Waals surface area contributed by atoms with E-state index in [0.29, 0.717) is 22.5 Å². The molecule has 1 aromatic heterocycles. The molecule has 0 atom stereocenters. The highest BCUT2D eigenvalue weighted by molar-refractivity contribution is 7.23. The third-order valence-electron chi connectivity index (χ3n) is 4.22. The zero-order valence-corrected chi connectivity index (χ0v) is 16.3. The number of nitrogens with zero attached hydrogens (tertiary/aromatic N) is 1. The van der Waals surface area contributed by atoms with Gasteiger partial charge in [-0.3, -0.25) is 9.69 Å². The number of benzene rings is 2. The van der Waals surface area contributed by atoms with Crippen molar-refractivity contribution in [2.24, 2.45) is 0 Å². The molecule has 0 aliphatic heterocycles. The van der Waals surface area contributed by atoms with Crippen LogP contribution in [0.1, 0.15) is 35.3 Å². The van der Waals surface area contributed by atoms with Gasteiger partial charge in [0.05, 0.1) is 13.2 Å². The number of ether oxygens (including phenoxy) is 1. The van der Waals surface area contributed by atoms with E-state index in [1.165, 1.54) is 24.3 Å². The van der Waals surface area contributed by atoms with Crippen molar-refractivity contribution >= 4 is 38.3 Å². The van der Waals surface area contributed by atoms with E-state index in [2.05, 4.69) is 0 Å². The van der Waals surface area contributed by atoms with Gasteiger partial charge >= 0.3 is 5.97 Å². The van der Waals surface area contributed by atoms with Crippen LogP contribution in [0.4, 0.5) is 5.00 Å². The number of hydrogen-bond acceptors (Lipinski definition) is 5. The molecule has 1 amide bonds. The summed E-state index contributed by atoms with van der Waals surface area (Å²) in [6.45, 7) is 5.81. The van der Waals surface area contributed by atoms with Crippen molar-refractivity contribution < 1.29 is 19.4 Å². The first kappa shape index (κ1) is 18.9. The van der Waals surface area contributed by atoms with Gasteiger partial charge in [-0.25, -0.2) is 4.79 Å². The Kier molecular flexibility index (Phi) is 5.46. The summed E-state index contributed by atoms with van der Waals surface area (Å²) in [7, 11) is 0. The van der Waals surface area contributed by atoms with Crippen LogP contribution in [0.3, 0.4) is 0 Å². The summed E-state index contributed by atoms with van der Waals surface area (Å²) in [4.78, 5) is 26.6. The lowest BCUT2D eigenvalue weighted by Crippen LogP contribution is -2.28. The number of esters is 1. The van der Waals surface area contributed by atoms with E-state index in [1.807, 2.05) is 31.2 Å². The molecule has 0 aliphatic carbocycles. The lowest BCUT2D eigenvalue weighted by molar-refractivity contribution is -0.116. The van der Waals surface area contributed by atoms with Crippen LogP contribution in [0.25, 0.3) is 10.1 Å². The molecule has 27 heavy (non-hydrogen) atoms. The lowest BCUT2D eigenvalue weighted by atomic mass is 10.1. The number of thiophene rings is 1. The Morgan fingerprint density at radius 3 is 2.48 bits per heavy atom. The van der Waals surface area contributed by atoms with Crippen LogP contribution in [0.15, 0.2) is 42.5 Å². The number of carbonyl (C=O) groups excluding carboxylic acids is 2. The molecule has 0 saturated heterocycles. The number of rotatable bonds is 5. The Bertz CT molecular complexity index is 991. The Hall–Kier alpha value is -2.86. The molecule has 0 bridgehead atoms. The average molecular weight is 383 g/mol. The fourth-order valence-corrected chi connectivity index (χ4v) is 4.13. The Morgan fingerprint density at radius 1 is 1.15 bits per heavy atom. The maximum absolute atomic E-state index is 12.6. The molecule has 0 saturated carbocycles. The Labute approximate surface area is 161 Å². The van der Waals surface area contributed by atoms with Gasteiger partial charge in [0.2, 0.25) is 5.91 Å². The highest BCUT2D eigenvalue weighted by Gasteiger charge is 2.26. The summed E-state index contributed by atoms with van der Waals surface area (Å²) < 4.78 is 5.95. The van der Waals surface area contributed by atoms with E-state index in [0.717, 1.165) is 15.8 Å². The van der Waals surface area contributed by atoms with Gasteiger partial charge in [-0.15, -0.1) is 11.3 Å². The molecule has 3 aromatic rings. The fourth-order valence-electron chi connectivity index (χ4n) is 2.87. The van der Waals surface area contributed by atoms with Gasteiger partial charge in [-0.1, -0.05) is 29.8 Å². The second-order valence-electron chi connectivity index (χ2n) is 6.27. The lowest BCUT2D eigenvalue weighted by Gasteiger charge is -2.21. The summed E-state index contributed by atoms with van der Waals surface area (Å²) in [5.41, 5.74) is 2.46. The Balaban J connectivity index is 2.12. The van der Waals surface area contributed by atoms with E-state index in [1.54, 1.807) is 24.0 Å². The van der Waals surface area contributed by atoms with E-state index >= 15 is 0 Å². The number of phenolic OH excluding ortho intramolecular Hbond substituents is 1. The zero-order chi connectivity index (χ0) is 19.6. The molecule has 2 aromatic carbocycles. The maximum Gasteiger partial charge on any atom is 0.341 e. The standard InChI is InChI=1S/C21H21NO4S/c1-4-26-21(25)19-17-10-9-16(24)11-18(17)27-20(19)22(14(3)23)12-15-7-5-13(2)6-8-15/h5-11,24H,4,12H2,1-3H3. The van der Waals surface area contributed by atoms with Crippen molar-refractivity contribution in [3.05, 3.63) is 59.2 Å². The van der Waals surface area contributed by atoms with E-state index < -0.39 is 5.97 Å². The van der Waals surface area contributed by atoms with Crippen LogP contribution in [-0.2, 0) is 16.1 Å². The third-order valence-corrected chi connectivity index (χ3v) is 5.40.